The lowest BCUT2D eigenvalue weighted by Crippen LogP contribution is -2.30. The van der Waals surface area contributed by atoms with E-state index in [-0.39, 0.29) is 28.6 Å². The summed E-state index contributed by atoms with van der Waals surface area (Å²) in [5.74, 6) is 1.28. The van der Waals surface area contributed by atoms with Gasteiger partial charge >= 0.3 is 0 Å². The van der Waals surface area contributed by atoms with E-state index in [0.29, 0.717) is 24.5 Å². The topological polar surface area (TPSA) is 94.0 Å². The van der Waals surface area contributed by atoms with Gasteiger partial charge in [0, 0.05) is 20.0 Å². The van der Waals surface area contributed by atoms with E-state index in [2.05, 4.69) is 15.5 Å². The maximum absolute atomic E-state index is 12.4. The van der Waals surface area contributed by atoms with Gasteiger partial charge in [-0.1, -0.05) is 41.6 Å². The Morgan fingerprint density at radius 3 is 2.68 bits per heavy atom. The van der Waals surface area contributed by atoms with Crippen molar-refractivity contribution in [3.05, 3.63) is 41.2 Å². The van der Waals surface area contributed by atoms with E-state index in [4.69, 9.17) is 0 Å². The molecule has 0 bridgehead atoms. The van der Waals surface area contributed by atoms with Crippen molar-refractivity contribution in [1.29, 1.82) is 0 Å². The number of carbonyl (C=O) groups is 1. The van der Waals surface area contributed by atoms with Gasteiger partial charge in [0.15, 0.2) is 15.0 Å². The lowest BCUT2D eigenvalue weighted by molar-refractivity contribution is -0.120. The van der Waals surface area contributed by atoms with Crippen LogP contribution in [0.2, 0.25) is 0 Å². The Bertz CT molecular complexity index is 939. The number of thioether (sulfide) groups is 1. The molecular formula is C19H26N4O3S2. The lowest BCUT2D eigenvalue weighted by atomic mass is 10.1. The molecule has 2 aromatic rings. The number of nitrogens with zero attached hydrogens (tertiary/aromatic N) is 3. The second kappa shape index (κ2) is 8.65. The van der Waals surface area contributed by atoms with Gasteiger partial charge in [-0.05, 0) is 31.7 Å². The summed E-state index contributed by atoms with van der Waals surface area (Å²) < 4.78 is 25.1. The first-order valence-corrected chi connectivity index (χ1v) is 12.0. The third-order valence-corrected chi connectivity index (χ3v) is 7.93. The summed E-state index contributed by atoms with van der Waals surface area (Å²) in [6, 6.07) is 8.06. The van der Waals surface area contributed by atoms with Crippen LogP contribution < -0.4 is 5.32 Å². The average molecular weight is 423 g/mol. The van der Waals surface area contributed by atoms with Gasteiger partial charge in [0.25, 0.3) is 0 Å². The number of rotatable bonds is 7. The maximum atomic E-state index is 12.4. The summed E-state index contributed by atoms with van der Waals surface area (Å²) in [5.41, 5.74) is 2.25. The van der Waals surface area contributed by atoms with Crippen molar-refractivity contribution < 1.29 is 13.2 Å². The molecule has 1 fully saturated rings. The van der Waals surface area contributed by atoms with E-state index in [1.54, 1.807) is 0 Å². The fourth-order valence-corrected chi connectivity index (χ4v) is 5.89. The Morgan fingerprint density at radius 2 is 2.04 bits per heavy atom. The molecule has 1 saturated heterocycles. The van der Waals surface area contributed by atoms with E-state index >= 15 is 0 Å². The third kappa shape index (κ3) is 5.35. The van der Waals surface area contributed by atoms with Crippen molar-refractivity contribution in [1.82, 2.24) is 20.1 Å². The molecule has 1 N–H and O–H groups in total. The molecule has 1 amide bonds. The number of nitrogens with one attached hydrogen (secondary N) is 1. The zero-order valence-corrected chi connectivity index (χ0v) is 18.0. The Labute approximate surface area is 170 Å². The molecule has 7 nitrogen and oxygen atoms in total. The highest BCUT2D eigenvalue weighted by Gasteiger charge is 2.29. The number of sulfone groups is 1. The van der Waals surface area contributed by atoms with Crippen molar-refractivity contribution in [2.75, 3.05) is 11.5 Å². The van der Waals surface area contributed by atoms with Crippen LogP contribution in [0.1, 0.15) is 30.3 Å². The van der Waals surface area contributed by atoms with Crippen molar-refractivity contribution in [3.63, 3.8) is 0 Å². The fourth-order valence-electron chi connectivity index (χ4n) is 3.17. The highest BCUT2D eigenvalue weighted by Crippen LogP contribution is 2.25. The molecule has 3 rings (SSSR count). The van der Waals surface area contributed by atoms with E-state index in [1.807, 2.05) is 49.7 Å². The van der Waals surface area contributed by atoms with Crippen LogP contribution in [-0.4, -0.2) is 45.8 Å². The Hall–Kier alpha value is -1.87. The first-order valence-electron chi connectivity index (χ1n) is 9.32. The van der Waals surface area contributed by atoms with Crippen LogP contribution in [0.15, 0.2) is 29.4 Å². The molecular weight excluding hydrogens is 396 g/mol. The number of hydrogen-bond acceptors (Lipinski definition) is 6. The Morgan fingerprint density at radius 1 is 1.32 bits per heavy atom. The average Bonchev–Trinajstić information content (AvgIpc) is 3.17. The summed E-state index contributed by atoms with van der Waals surface area (Å²) in [6.45, 7) is 4.36. The predicted octanol–water partition coefficient (Wildman–Crippen LogP) is 1.90. The molecule has 1 aromatic heterocycles. The SMILES string of the molecule is Cc1ccc(CNC(=O)[C@@H](C)Sc2nnc(C[C@@H]3CCS(=O)(=O)C3)n2C)cc1. The predicted molar refractivity (Wildman–Crippen MR) is 110 cm³/mol. The van der Waals surface area contributed by atoms with Gasteiger partial charge in [-0.3, -0.25) is 4.79 Å². The molecule has 0 saturated carbocycles. The van der Waals surface area contributed by atoms with E-state index in [0.717, 1.165) is 11.4 Å². The number of benzene rings is 1. The summed E-state index contributed by atoms with van der Waals surface area (Å²) >= 11 is 1.35. The molecule has 1 aliphatic heterocycles. The zero-order chi connectivity index (χ0) is 20.3. The minimum atomic E-state index is -2.90. The monoisotopic (exact) mass is 422 g/mol. The molecule has 2 atom stereocenters. The Balaban J connectivity index is 1.53. The third-order valence-electron chi connectivity index (χ3n) is 4.96. The highest BCUT2D eigenvalue weighted by atomic mass is 32.2. The standard InChI is InChI=1S/C19H26N4O3S2/c1-13-4-6-15(7-5-13)11-20-18(24)14(2)27-19-22-21-17(23(19)3)10-16-8-9-28(25,26)12-16/h4-7,14,16H,8-12H2,1-3H3,(H,20,24)/t14-,16+/m1/s1. The molecule has 0 radical (unpaired) electrons. The summed E-state index contributed by atoms with van der Waals surface area (Å²) in [4.78, 5) is 12.4. The van der Waals surface area contributed by atoms with Gasteiger partial charge in [0.2, 0.25) is 5.91 Å². The summed E-state index contributed by atoms with van der Waals surface area (Å²) in [5, 5.41) is 11.7. The fraction of sp³-hybridized carbons (Fsp3) is 0.526. The number of hydrogen-bond donors (Lipinski definition) is 1. The quantitative estimate of drug-likeness (QED) is 0.685. The molecule has 1 aliphatic rings. The molecule has 1 aromatic carbocycles. The highest BCUT2D eigenvalue weighted by molar-refractivity contribution is 8.00. The van der Waals surface area contributed by atoms with Crippen LogP contribution in [0.5, 0.6) is 0 Å². The molecule has 0 spiro atoms. The van der Waals surface area contributed by atoms with Crippen LogP contribution in [0.25, 0.3) is 0 Å². The zero-order valence-electron chi connectivity index (χ0n) is 16.4. The van der Waals surface area contributed by atoms with Gasteiger partial charge in [-0.2, -0.15) is 0 Å². The minimum Gasteiger partial charge on any atom is -0.351 e. The van der Waals surface area contributed by atoms with Crippen LogP contribution in [-0.2, 0) is 34.6 Å². The van der Waals surface area contributed by atoms with Gasteiger partial charge in [-0.25, -0.2) is 8.42 Å². The number of amides is 1. The van der Waals surface area contributed by atoms with Crippen molar-refractivity contribution in [3.8, 4) is 0 Å². The normalized spacial score (nSPS) is 19.5. The van der Waals surface area contributed by atoms with Crippen LogP contribution in [0.4, 0.5) is 0 Å². The maximum Gasteiger partial charge on any atom is 0.233 e. The largest absolute Gasteiger partial charge is 0.351 e. The van der Waals surface area contributed by atoms with Crippen molar-refractivity contribution >= 4 is 27.5 Å². The summed E-state index contributed by atoms with van der Waals surface area (Å²) in [6.07, 6.45) is 1.27. The molecule has 0 aliphatic carbocycles. The second-order valence-corrected chi connectivity index (χ2v) is 10.9. The van der Waals surface area contributed by atoms with Gasteiger partial charge in [0.05, 0.1) is 16.8 Å². The van der Waals surface area contributed by atoms with E-state index in [1.165, 1.54) is 17.3 Å². The molecule has 152 valence electrons. The van der Waals surface area contributed by atoms with Crippen molar-refractivity contribution in [2.45, 2.75) is 43.6 Å². The van der Waals surface area contributed by atoms with Gasteiger partial charge < -0.3 is 9.88 Å². The van der Waals surface area contributed by atoms with E-state index < -0.39 is 9.84 Å². The minimum absolute atomic E-state index is 0.0583. The van der Waals surface area contributed by atoms with Gasteiger partial charge in [-0.15, -0.1) is 10.2 Å². The van der Waals surface area contributed by atoms with E-state index in [9.17, 15) is 13.2 Å². The lowest BCUT2D eigenvalue weighted by Gasteiger charge is -2.12. The number of aromatic nitrogens is 3. The van der Waals surface area contributed by atoms with Crippen molar-refractivity contribution in [2.24, 2.45) is 13.0 Å². The van der Waals surface area contributed by atoms with Crippen LogP contribution in [0, 0.1) is 12.8 Å². The molecule has 28 heavy (non-hydrogen) atoms. The number of aryl methyl sites for hydroxylation is 1. The Kier molecular flexibility index (Phi) is 6.44. The number of carbonyl (C=O) groups excluding carboxylic acids is 1. The molecule has 2 heterocycles. The molecule has 9 heteroatoms. The van der Waals surface area contributed by atoms with Crippen LogP contribution in [0.3, 0.4) is 0 Å². The summed E-state index contributed by atoms with van der Waals surface area (Å²) in [7, 11) is -1.04. The smallest absolute Gasteiger partial charge is 0.233 e. The first-order chi connectivity index (χ1) is 13.2. The first kappa shape index (κ1) is 20.9. The van der Waals surface area contributed by atoms with Crippen LogP contribution >= 0.6 is 11.8 Å². The second-order valence-electron chi connectivity index (χ2n) is 7.39. The molecule has 0 unspecified atom stereocenters. The van der Waals surface area contributed by atoms with Gasteiger partial charge in [0.1, 0.15) is 5.82 Å².